The van der Waals surface area contributed by atoms with Crippen molar-refractivity contribution in [1.29, 1.82) is 0 Å². The monoisotopic (exact) mass is 437 g/mol. The van der Waals surface area contributed by atoms with Crippen LogP contribution in [0.4, 0.5) is 11.4 Å². The van der Waals surface area contributed by atoms with E-state index in [1.165, 1.54) is 11.8 Å². The van der Waals surface area contributed by atoms with E-state index in [9.17, 15) is 9.59 Å². The van der Waals surface area contributed by atoms with Crippen molar-refractivity contribution in [2.24, 2.45) is 0 Å². The van der Waals surface area contributed by atoms with Crippen LogP contribution in [0.3, 0.4) is 0 Å². The molecule has 8 nitrogen and oxygen atoms in total. The van der Waals surface area contributed by atoms with E-state index in [1.54, 1.807) is 12.0 Å². The Morgan fingerprint density at radius 1 is 1.13 bits per heavy atom. The number of ether oxygens (including phenoxy) is 1. The topological polar surface area (TPSA) is 89.3 Å². The standard InChI is InChI=1S/C22H23N5O3S/c1-30-14-19-24-25-22(27(19)17-8-3-2-4-9-17)31-15-20(28)23-16-7-5-10-18(13-16)26-12-6-11-21(26)29/h2-5,7-10,13H,6,11-12,14-15H2,1H3,(H,23,28). The molecule has 1 aromatic heterocycles. The first-order valence-corrected chi connectivity index (χ1v) is 11.0. The SMILES string of the molecule is COCc1nnc(SCC(=O)Nc2cccc(N3CCCC3=O)c2)n1-c1ccccc1. The van der Waals surface area contributed by atoms with Crippen molar-refractivity contribution in [3.8, 4) is 5.69 Å². The molecule has 1 saturated heterocycles. The van der Waals surface area contributed by atoms with E-state index in [0.29, 0.717) is 36.2 Å². The van der Waals surface area contributed by atoms with Crippen LogP contribution in [0.25, 0.3) is 5.69 Å². The van der Waals surface area contributed by atoms with Gasteiger partial charge in [-0.2, -0.15) is 0 Å². The Morgan fingerprint density at radius 2 is 1.94 bits per heavy atom. The minimum Gasteiger partial charge on any atom is -0.377 e. The molecule has 4 rings (SSSR count). The van der Waals surface area contributed by atoms with Crippen LogP contribution in [0.5, 0.6) is 0 Å². The van der Waals surface area contributed by atoms with E-state index in [0.717, 1.165) is 17.8 Å². The first-order valence-electron chi connectivity index (χ1n) is 9.97. The van der Waals surface area contributed by atoms with Gasteiger partial charge in [0, 0.05) is 37.1 Å². The van der Waals surface area contributed by atoms with Gasteiger partial charge in [0.1, 0.15) is 6.61 Å². The van der Waals surface area contributed by atoms with E-state index in [-0.39, 0.29) is 17.6 Å². The van der Waals surface area contributed by atoms with E-state index in [4.69, 9.17) is 4.74 Å². The number of methoxy groups -OCH3 is 1. The first kappa shape index (κ1) is 21.1. The quantitative estimate of drug-likeness (QED) is 0.544. The fourth-order valence-electron chi connectivity index (χ4n) is 3.45. The largest absolute Gasteiger partial charge is 0.377 e. The molecule has 2 amide bonds. The molecule has 0 unspecified atom stereocenters. The van der Waals surface area contributed by atoms with Crippen LogP contribution in [0.1, 0.15) is 18.7 Å². The molecular weight excluding hydrogens is 414 g/mol. The Hall–Kier alpha value is -3.17. The molecule has 1 aliphatic rings. The summed E-state index contributed by atoms with van der Waals surface area (Å²) in [4.78, 5) is 26.3. The number of nitrogens with one attached hydrogen (secondary N) is 1. The molecule has 2 heterocycles. The lowest BCUT2D eigenvalue weighted by Crippen LogP contribution is -2.23. The van der Waals surface area contributed by atoms with E-state index >= 15 is 0 Å². The van der Waals surface area contributed by atoms with Crippen LogP contribution in [-0.2, 0) is 20.9 Å². The molecule has 31 heavy (non-hydrogen) atoms. The summed E-state index contributed by atoms with van der Waals surface area (Å²) in [5.41, 5.74) is 2.37. The number of carbonyl (C=O) groups is 2. The van der Waals surface area contributed by atoms with Crippen molar-refractivity contribution < 1.29 is 14.3 Å². The van der Waals surface area contributed by atoms with Crippen molar-refractivity contribution in [2.45, 2.75) is 24.6 Å². The maximum atomic E-state index is 12.6. The lowest BCUT2D eigenvalue weighted by atomic mass is 10.2. The van der Waals surface area contributed by atoms with E-state index in [2.05, 4.69) is 15.5 Å². The second kappa shape index (κ2) is 9.76. The zero-order valence-electron chi connectivity index (χ0n) is 17.2. The molecule has 2 aromatic carbocycles. The van der Waals surface area contributed by atoms with E-state index < -0.39 is 0 Å². The van der Waals surface area contributed by atoms with Gasteiger partial charge in [-0.15, -0.1) is 10.2 Å². The van der Waals surface area contributed by atoms with Crippen molar-refractivity contribution in [3.63, 3.8) is 0 Å². The summed E-state index contributed by atoms with van der Waals surface area (Å²) in [5, 5.41) is 12.0. The maximum absolute atomic E-state index is 12.6. The lowest BCUT2D eigenvalue weighted by molar-refractivity contribution is -0.117. The highest BCUT2D eigenvalue weighted by atomic mass is 32.2. The molecule has 3 aromatic rings. The van der Waals surface area contributed by atoms with Crippen LogP contribution in [-0.4, -0.2) is 46.0 Å². The molecule has 160 valence electrons. The molecule has 0 radical (unpaired) electrons. The van der Waals surface area contributed by atoms with Crippen LogP contribution >= 0.6 is 11.8 Å². The van der Waals surface area contributed by atoms with Crippen LogP contribution in [0, 0.1) is 0 Å². The Bertz CT molecular complexity index is 1070. The number of para-hydroxylation sites is 1. The van der Waals surface area contributed by atoms with Gasteiger partial charge < -0.3 is 15.0 Å². The van der Waals surface area contributed by atoms with Crippen molar-refractivity contribution >= 4 is 35.0 Å². The van der Waals surface area contributed by atoms with Crippen LogP contribution in [0.15, 0.2) is 59.8 Å². The summed E-state index contributed by atoms with van der Waals surface area (Å²) in [6, 6.07) is 17.1. The number of hydrogen-bond acceptors (Lipinski definition) is 6. The van der Waals surface area contributed by atoms with Gasteiger partial charge in [0.15, 0.2) is 11.0 Å². The second-order valence-corrected chi connectivity index (χ2v) is 7.98. The Labute approximate surface area is 184 Å². The Morgan fingerprint density at radius 3 is 2.68 bits per heavy atom. The summed E-state index contributed by atoms with van der Waals surface area (Å²) in [6.45, 7) is 1.03. The predicted molar refractivity (Wildman–Crippen MR) is 119 cm³/mol. The molecule has 0 atom stereocenters. The molecular formula is C22H23N5O3S. The summed E-state index contributed by atoms with van der Waals surface area (Å²) in [6.07, 6.45) is 1.43. The van der Waals surface area contributed by atoms with Gasteiger partial charge in [0.25, 0.3) is 0 Å². The third-order valence-corrected chi connectivity index (χ3v) is 5.76. The van der Waals surface area contributed by atoms with Gasteiger partial charge in [-0.05, 0) is 36.8 Å². The minimum atomic E-state index is -0.161. The van der Waals surface area contributed by atoms with Gasteiger partial charge in [-0.3, -0.25) is 14.2 Å². The molecule has 0 aliphatic carbocycles. The number of amides is 2. The van der Waals surface area contributed by atoms with Gasteiger partial charge >= 0.3 is 0 Å². The fraction of sp³-hybridized carbons (Fsp3) is 0.273. The first-order chi connectivity index (χ1) is 15.2. The van der Waals surface area contributed by atoms with Gasteiger partial charge in [-0.25, -0.2) is 0 Å². The number of rotatable bonds is 8. The number of anilines is 2. The number of benzene rings is 2. The third-order valence-electron chi connectivity index (χ3n) is 4.84. The number of aromatic nitrogens is 3. The van der Waals surface area contributed by atoms with Crippen molar-refractivity contribution in [1.82, 2.24) is 14.8 Å². The van der Waals surface area contributed by atoms with Crippen molar-refractivity contribution in [2.75, 3.05) is 29.6 Å². The maximum Gasteiger partial charge on any atom is 0.234 e. The number of hydrogen-bond donors (Lipinski definition) is 1. The normalized spacial score (nSPS) is 13.6. The molecule has 1 aliphatic heterocycles. The third kappa shape index (κ3) is 4.95. The summed E-state index contributed by atoms with van der Waals surface area (Å²) >= 11 is 1.30. The molecule has 0 bridgehead atoms. The minimum absolute atomic E-state index is 0.117. The lowest BCUT2D eigenvalue weighted by Gasteiger charge is -2.16. The molecule has 0 saturated carbocycles. The van der Waals surface area contributed by atoms with Crippen LogP contribution in [0.2, 0.25) is 0 Å². The zero-order valence-corrected chi connectivity index (χ0v) is 18.0. The fourth-order valence-corrected chi connectivity index (χ4v) is 4.22. The van der Waals surface area contributed by atoms with Crippen LogP contribution < -0.4 is 10.2 Å². The average Bonchev–Trinajstić information content (AvgIpc) is 3.39. The van der Waals surface area contributed by atoms with Gasteiger partial charge in [0.2, 0.25) is 11.8 Å². The number of nitrogens with zero attached hydrogens (tertiary/aromatic N) is 4. The van der Waals surface area contributed by atoms with Gasteiger partial charge in [0.05, 0.1) is 5.75 Å². The highest BCUT2D eigenvalue weighted by Crippen LogP contribution is 2.25. The number of carbonyl (C=O) groups excluding carboxylic acids is 2. The Kier molecular flexibility index (Phi) is 6.63. The molecule has 1 N–H and O–H groups in total. The zero-order chi connectivity index (χ0) is 21.6. The molecule has 9 heteroatoms. The summed E-state index contributed by atoms with van der Waals surface area (Å²) in [7, 11) is 1.61. The summed E-state index contributed by atoms with van der Waals surface area (Å²) < 4.78 is 7.12. The second-order valence-electron chi connectivity index (χ2n) is 7.04. The highest BCUT2D eigenvalue weighted by molar-refractivity contribution is 7.99. The smallest absolute Gasteiger partial charge is 0.234 e. The van der Waals surface area contributed by atoms with Gasteiger partial charge in [-0.1, -0.05) is 36.0 Å². The average molecular weight is 438 g/mol. The van der Waals surface area contributed by atoms with Crippen molar-refractivity contribution in [3.05, 3.63) is 60.4 Å². The molecule has 0 spiro atoms. The summed E-state index contributed by atoms with van der Waals surface area (Å²) in [5.74, 6) is 0.793. The predicted octanol–water partition coefficient (Wildman–Crippen LogP) is 3.27. The highest BCUT2D eigenvalue weighted by Gasteiger charge is 2.22. The van der Waals surface area contributed by atoms with E-state index in [1.807, 2.05) is 59.2 Å². The molecule has 1 fully saturated rings. The Balaban J connectivity index is 1.43. The number of thioether (sulfide) groups is 1.